The molecule has 5 heteroatoms. The van der Waals surface area contributed by atoms with Crippen molar-refractivity contribution in [2.24, 2.45) is 0 Å². The Morgan fingerprint density at radius 2 is 2.28 bits per heavy atom. The Morgan fingerprint density at radius 1 is 1.50 bits per heavy atom. The summed E-state index contributed by atoms with van der Waals surface area (Å²) in [6, 6.07) is 0. The molecule has 0 aliphatic carbocycles. The molecule has 0 aromatic carbocycles. The topological polar surface area (TPSA) is 39.1 Å². The van der Waals surface area contributed by atoms with Crippen LogP contribution in [0.2, 0.25) is 5.02 Å². The van der Waals surface area contributed by atoms with E-state index in [-0.39, 0.29) is 5.54 Å². The molecule has 1 aromatic heterocycles. The normalized spacial score (nSPS) is 23.8. The molecule has 1 saturated heterocycles. The van der Waals surface area contributed by atoms with Crippen molar-refractivity contribution in [1.29, 1.82) is 0 Å². The van der Waals surface area contributed by atoms with Crippen molar-refractivity contribution in [2.75, 3.05) is 13.2 Å². The van der Waals surface area contributed by atoms with E-state index < -0.39 is 0 Å². The molecule has 2 heterocycles. The molecule has 0 saturated carbocycles. The van der Waals surface area contributed by atoms with Gasteiger partial charge >= 0.3 is 0 Å². The molecule has 18 heavy (non-hydrogen) atoms. The number of ether oxygens (including phenoxy) is 1. The Kier molecular flexibility index (Phi) is 4.30. The van der Waals surface area contributed by atoms with Gasteiger partial charge in [0.25, 0.3) is 0 Å². The smallest absolute Gasteiger partial charge is 0.0863 e. The van der Waals surface area contributed by atoms with E-state index in [0.29, 0.717) is 0 Å². The second-order valence-electron chi connectivity index (χ2n) is 5.09. The minimum atomic E-state index is 0.0680. The van der Waals surface area contributed by atoms with E-state index in [1.807, 2.05) is 4.68 Å². The van der Waals surface area contributed by atoms with Gasteiger partial charge < -0.3 is 10.1 Å². The third kappa shape index (κ3) is 2.71. The highest BCUT2D eigenvalue weighted by Gasteiger charge is 2.29. The molecule has 1 aliphatic rings. The van der Waals surface area contributed by atoms with Crippen molar-refractivity contribution in [2.45, 2.75) is 52.2 Å². The molecule has 1 N–H and O–H groups in total. The SMILES string of the molecule is CCc1nn(CC)c(CNC2(C)CCOC2)c1Cl. The molecule has 0 radical (unpaired) electrons. The Bertz CT molecular complexity index is 411. The molecular formula is C13H22ClN3O. The summed E-state index contributed by atoms with van der Waals surface area (Å²) in [6.45, 7) is 9.57. The second-order valence-corrected chi connectivity index (χ2v) is 5.47. The van der Waals surface area contributed by atoms with Crippen LogP contribution >= 0.6 is 11.6 Å². The minimum absolute atomic E-state index is 0.0680. The molecule has 0 bridgehead atoms. The third-order valence-electron chi connectivity index (χ3n) is 3.60. The number of nitrogens with zero attached hydrogens (tertiary/aromatic N) is 2. The zero-order chi connectivity index (χ0) is 13.2. The largest absolute Gasteiger partial charge is 0.379 e. The van der Waals surface area contributed by atoms with E-state index in [9.17, 15) is 0 Å². The van der Waals surface area contributed by atoms with Crippen LogP contribution in [0, 0.1) is 0 Å². The van der Waals surface area contributed by atoms with Crippen LogP contribution in [0.3, 0.4) is 0 Å². The predicted octanol–water partition coefficient (Wildman–Crippen LogP) is 2.39. The van der Waals surface area contributed by atoms with Gasteiger partial charge in [0.15, 0.2) is 0 Å². The summed E-state index contributed by atoms with van der Waals surface area (Å²) in [5, 5.41) is 8.90. The van der Waals surface area contributed by atoms with Gasteiger partial charge in [-0.2, -0.15) is 5.10 Å². The Hall–Kier alpha value is -0.580. The van der Waals surface area contributed by atoms with Gasteiger partial charge in [-0.05, 0) is 26.7 Å². The molecule has 102 valence electrons. The van der Waals surface area contributed by atoms with Gasteiger partial charge in [-0.25, -0.2) is 0 Å². The lowest BCUT2D eigenvalue weighted by Gasteiger charge is -2.23. The van der Waals surface area contributed by atoms with E-state index in [2.05, 4.69) is 31.2 Å². The molecule has 1 aliphatic heterocycles. The lowest BCUT2D eigenvalue weighted by Crippen LogP contribution is -2.42. The fraction of sp³-hybridized carbons (Fsp3) is 0.769. The van der Waals surface area contributed by atoms with Gasteiger partial charge in [0.1, 0.15) is 0 Å². The van der Waals surface area contributed by atoms with Crippen LogP contribution in [0.25, 0.3) is 0 Å². The zero-order valence-electron chi connectivity index (χ0n) is 11.4. The molecule has 0 spiro atoms. The fourth-order valence-corrected chi connectivity index (χ4v) is 2.63. The van der Waals surface area contributed by atoms with Crippen molar-refractivity contribution in [3.63, 3.8) is 0 Å². The van der Waals surface area contributed by atoms with Crippen LogP contribution in [-0.4, -0.2) is 28.5 Å². The summed E-state index contributed by atoms with van der Waals surface area (Å²) in [6.07, 6.45) is 1.92. The average Bonchev–Trinajstić information content (AvgIpc) is 2.92. The first-order chi connectivity index (χ1) is 8.59. The number of aryl methyl sites for hydroxylation is 2. The number of halogens is 1. The van der Waals surface area contributed by atoms with Gasteiger partial charge in [0, 0.05) is 25.2 Å². The summed E-state index contributed by atoms with van der Waals surface area (Å²) in [5.41, 5.74) is 2.14. The van der Waals surface area contributed by atoms with Gasteiger partial charge in [-0.1, -0.05) is 18.5 Å². The molecule has 4 nitrogen and oxygen atoms in total. The maximum Gasteiger partial charge on any atom is 0.0863 e. The number of aromatic nitrogens is 2. The number of hydrogen-bond acceptors (Lipinski definition) is 3. The van der Waals surface area contributed by atoms with Crippen LogP contribution in [0.1, 0.15) is 38.6 Å². The van der Waals surface area contributed by atoms with Gasteiger partial charge in [-0.3, -0.25) is 4.68 Å². The lowest BCUT2D eigenvalue weighted by molar-refractivity contribution is 0.171. The van der Waals surface area contributed by atoms with Crippen LogP contribution in [-0.2, 0) is 24.2 Å². The summed E-state index contributed by atoms with van der Waals surface area (Å²) < 4.78 is 7.44. The Labute approximate surface area is 114 Å². The Morgan fingerprint density at radius 3 is 2.83 bits per heavy atom. The van der Waals surface area contributed by atoms with E-state index in [0.717, 1.165) is 55.6 Å². The van der Waals surface area contributed by atoms with Crippen molar-refractivity contribution < 1.29 is 4.74 Å². The quantitative estimate of drug-likeness (QED) is 0.894. The molecule has 1 atom stereocenters. The monoisotopic (exact) mass is 271 g/mol. The van der Waals surface area contributed by atoms with Crippen molar-refractivity contribution in [1.82, 2.24) is 15.1 Å². The zero-order valence-corrected chi connectivity index (χ0v) is 12.2. The summed E-state index contributed by atoms with van der Waals surface area (Å²) in [4.78, 5) is 0. The van der Waals surface area contributed by atoms with E-state index in [1.165, 1.54) is 0 Å². The second kappa shape index (κ2) is 5.59. The van der Waals surface area contributed by atoms with Crippen LogP contribution in [0.5, 0.6) is 0 Å². The molecule has 1 aromatic rings. The summed E-state index contributed by atoms with van der Waals surface area (Å²) in [5.74, 6) is 0. The van der Waals surface area contributed by atoms with Crippen LogP contribution in [0.15, 0.2) is 0 Å². The summed E-state index contributed by atoms with van der Waals surface area (Å²) >= 11 is 6.38. The standard InChI is InChI=1S/C13H22ClN3O/c1-4-10-12(14)11(17(5-2)16-10)8-15-13(3)6-7-18-9-13/h15H,4-9H2,1-3H3. The first-order valence-corrected chi connectivity index (χ1v) is 7.04. The first kappa shape index (κ1) is 13.8. The third-order valence-corrected chi connectivity index (χ3v) is 4.03. The van der Waals surface area contributed by atoms with E-state index in [1.54, 1.807) is 0 Å². The van der Waals surface area contributed by atoms with E-state index in [4.69, 9.17) is 16.3 Å². The number of rotatable bonds is 5. The highest BCUT2D eigenvalue weighted by atomic mass is 35.5. The Balaban J connectivity index is 2.10. The van der Waals surface area contributed by atoms with Gasteiger partial charge in [-0.15, -0.1) is 0 Å². The number of hydrogen-bond donors (Lipinski definition) is 1. The average molecular weight is 272 g/mol. The molecule has 1 fully saturated rings. The van der Waals surface area contributed by atoms with Crippen LogP contribution < -0.4 is 5.32 Å². The fourth-order valence-electron chi connectivity index (χ4n) is 2.29. The predicted molar refractivity (Wildman–Crippen MR) is 73.0 cm³/mol. The van der Waals surface area contributed by atoms with Gasteiger partial charge in [0.05, 0.1) is 23.0 Å². The molecule has 0 amide bonds. The minimum Gasteiger partial charge on any atom is -0.379 e. The van der Waals surface area contributed by atoms with Crippen molar-refractivity contribution in [3.8, 4) is 0 Å². The number of nitrogens with one attached hydrogen (secondary N) is 1. The van der Waals surface area contributed by atoms with Crippen LogP contribution in [0.4, 0.5) is 0 Å². The van der Waals surface area contributed by atoms with Crippen molar-refractivity contribution in [3.05, 3.63) is 16.4 Å². The maximum atomic E-state index is 6.38. The van der Waals surface area contributed by atoms with Gasteiger partial charge in [0.2, 0.25) is 0 Å². The molecule has 1 unspecified atom stereocenters. The summed E-state index contributed by atoms with van der Waals surface area (Å²) in [7, 11) is 0. The molecular weight excluding hydrogens is 250 g/mol. The maximum absolute atomic E-state index is 6.38. The highest BCUT2D eigenvalue weighted by molar-refractivity contribution is 6.31. The molecule has 2 rings (SSSR count). The highest BCUT2D eigenvalue weighted by Crippen LogP contribution is 2.24. The van der Waals surface area contributed by atoms with Crippen molar-refractivity contribution >= 4 is 11.6 Å². The first-order valence-electron chi connectivity index (χ1n) is 6.66. The lowest BCUT2D eigenvalue weighted by atomic mass is 10.0. The van der Waals surface area contributed by atoms with E-state index >= 15 is 0 Å².